The first-order valence-corrected chi connectivity index (χ1v) is 2.82. The van der Waals surface area contributed by atoms with Crippen molar-refractivity contribution in [1.82, 2.24) is 5.32 Å². The Balaban J connectivity index is 0.000000291. The molecule has 0 atom stereocenters. The number of carbonyl (C=O) groups excluding carboxylic acids is 2. The molecule has 0 aliphatic carbocycles. The SMILES string of the molecule is CC.O=C1C=CC(=O)N1. The number of amides is 2. The lowest BCUT2D eigenvalue weighted by Gasteiger charge is -1.80. The zero-order chi connectivity index (χ0) is 7.28. The molecule has 0 bridgehead atoms. The van der Waals surface area contributed by atoms with Gasteiger partial charge in [0.1, 0.15) is 0 Å². The van der Waals surface area contributed by atoms with E-state index < -0.39 is 0 Å². The summed E-state index contributed by atoms with van der Waals surface area (Å²) in [4.78, 5) is 20.1. The van der Waals surface area contributed by atoms with Gasteiger partial charge < -0.3 is 0 Å². The van der Waals surface area contributed by atoms with E-state index in [2.05, 4.69) is 0 Å². The van der Waals surface area contributed by atoms with Crippen molar-refractivity contribution in [2.75, 3.05) is 0 Å². The minimum absolute atomic E-state index is 0.329. The van der Waals surface area contributed by atoms with Crippen LogP contribution in [-0.2, 0) is 9.59 Å². The van der Waals surface area contributed by atoms with Crippen molar-refractivity contribution < 1.29 is 9.59 Å². The monoisotopic (exact) mass is 127 g/mol. The second-order valence-corrected chi connectivity index (χ2v) is 1.19. The molecular weight excluding hydrogens is 118 g/mol. The Bertz CT molecular complexity index is 133. The maximum Gasteiger partial charge on any atom is 0.250 e. The normalized spacial score (nSPS) is 14.4. The molecule has 1 aliphatic rings. The zero-order valence-electron chi connectivity index (χ0n) is 5.47. The fourth-order valence-corrected chi connectivity index (χ4v) is 0.356. The number of rotatable bonds is 0. The number of nitrogens with one attached hydrogen (secondary N) is 1. The third-order valence-corrected chi connectivity index (χ3v) is 0.632. The van der Waals surface area contributed by atoms with E-state index >= 15 is 0 Å². The summed E-state index contributed by atoms with van der Waals surface area (Å²) in [5, 5.41) is 2.03. The fraction of sp³-hybridized carbons (Fsp3) is 0.333. The molecule has 0 fully saturated rings. The van der Waals surface area contributed by atoms with E-state index in [1.54, 1.807) is 0 Å². The van der Waals surface area contributed by atoms with Gasteiger partial charge in [0.25, 0.3) is 11.8 Å². The van der Waals surface area contributed by atoms with Gasteiger partial charge in [-0.3, -0.25) is 14.9 Å². The van der Waals surface area contributed by atoms with Gasteiger partial charge in [0.05, 0.1) is 0 Å². The van der Waals surface area contributed by atoms with E-state index in [9.17, 15) is 9.59 Å². The minimum Gasteiger partial charge on any atom is -0.289 e. The molecule has 0 aromatic heterocycles. The number of hydrogen-bond donors (Lipinski definition) is 1. The Labute approximate surface area is 53.7 Å². The molecule has 0 radical (unpaired) electrons. The topological polar surface area (TPSA) is 46.2 Å². The highest BCUT2D eigenvalue weighted by Gasteiger charge is 2.06. The van der Waals surface area contributed by atoms with E-state index in [4.69, 9.17) is 0 Å². The quantitative estimate of drug-likeness (QED) is 0.473. The van der Waals surface area contributed by atoms with Crippen LogP contribution in [0.25, 0.3) is 0 Å². The number of carbonyl (C=O) groups is 2. The van der Waals surface area contributed by atoms with Crippen molar-refractivity contribution in [2.45, 2.75) is 13.8 Å². The molecular formula is C6H9NO2. The first-order chi connectivity index (χ1) is 4.29. The summed E-state index contributed by atoms with van der Waals surface area (Å²) in [6, 6.07) is 0. The second kappa shape index (κ2) is 3.83. The molecule has 2 amide bonds. The van der Waals surface area contributed by atoms with Gasteiger partial charge >= 0.3 is 0 Å². The van der Waals surface area contributed by atoms with Gasteiger partial charge in [-0.05, 0) is 0 Å². The summed E-state index contributed by atoms with van der Waals surface area (Å²) in [6.07, 6.45) is 2.39. The molecule has 0 saturated heterocycles. The lowest BCUT2D eigenvalue weighted by atomic mass is 10.6. The zero-order valence-corrected chi connectivity index (χ0v) is 5.47. The van der Waals surface area contributed by atoms with Gasteiger partial charge in [0.15, 0.2) is 0 Å². The van der Waals surface area contributed by atoms with Crippen LogP contribution in [0.15, 0.2) is 12.2 Å². The third kappa shape index (κ3) is 2.64. The lowest BCUT2D eigenvalue weighted by Crippen LogP contribution is -2.19. The largest absolute Gasteiger partial charge is 0.289 e. The smallest absolute Gasteiger partial charge is 0.250 e. The average Bonchev–Trinajstić information content (AvgIpc) is 2.20. The predicted octanol–water partition coefficient (Wildman–Crippen LogP) is 0.225. The Hall–Kier alpha value is -1.12. The Kier molecular flexibility index (Phi) is 3.35. The molecule has 0 spiro atoms. The van der Waals surface area contributed by atoms with Crippen molar-refractivity contribution in [1.29, 1.82) is 0 Å². The second-order valence-electron chi connectivity index (χ2n) is 1.19. The van der Waals surface area contributed by atoms with E-state index in [-0.39, 0.29) is 11.8 Å². The van der Waals surface area contributed by atoms with Crippen LogP contribution in [0.1, 0.15) is 13.8 Å². The van der Waals surface area contributed by atoms with Crippen molar-refractivity contribution in [3.05, 3.63) is 12.2 Å². The van der Waals surface area contributed by atoms with Gasteiger partial charge in [0.2, 0.25) is 0 Å². The summed E-state index contributed by atoms with van der Waals surface area (Å²) in [7, 11) is 0. The van der Waals surface area contributed by atoms with Crippen LogP contribution >= 0.6 is 0 Å². The number of hydrogen-bond acceptors (Lipinski definition) is 2. The van der Waals surface area contributed by atoms with E-state index in [0.717, 1.165) is 0 Å². The third-order valence-electron chi connectivity index (χ3n) is 0.632. The van der Waals surface area contributed by atoms with Crippen LogP contribution in [0.5, 0.6) is 0 Å². The molecule has 50 valence electrons. The summed E-state index contributed by atoms with van der Waals surface area (Å²) in [5.74, 6) is -0.657. The van der Waals surface area contributed by atoms with Gasteiger partial charge in [-0.15, -0.1) is 0 Å². The fourth-order valence-electron chi connectivity index (χ4n) is 0.356. The van der Waals surface area contributed by atoms with Gasteiger partial charge in [-0.25, -0.2) is 0 Å². The molecule has 0 saturated carbocycles. The van der Waals surface area contributed by atoms with Crippen LogP contribution in [-0.4, -0.2) is 11.8 Å². The first-order valence-electron chi connectivity index (χ1n) is 2.82. The Morgan fingerprint density at radius 2 is 1.44 bits per heavy atom. The summed E-state index contributed by atoms with van der Waals surface area (Å²) in [6.45, 7) is 4.00. The molecule has 0 aromatic rings. The maximum atomic E-state index is 10.0. The van der Waals surface area contributed by atoms with Crippen LogP contribution in [0.4, 0.5) is 0 Å². The predicted molar refractivity (Wildman–Crippen MR) is 33.6 cm³/mol. The Morgan fingerprint density at radius 1 is 1.11 bits per heavy atom. The van der Waals surface area contributed by atoms with Crippen molar-refractivity contribution in [3.8, 4) is 0 Å². The molecule has 0 unspecified atom stereocenters. The summed E-state index contributed by atoms with van der Waals surface area (Å²) >= 11 is 0. The van der Waals surface area contributed by atoms with Gasteiger partial charge in [0, 0.05) is 12.2 Å². The number of imide groups is 1. The van der Waals surface area contributed by atoms with E-state index in [1.165, 1.54) is 12.2 Å². The molecule has 9 heavy (non-hydrogen) atoms. The molecule has 1 rings (SSSR count). The van der Waals surface area contributed by atoms with Crippen LogP contribution in [0, 0.1) is 0 Å². The van der Waals surface area contributed by atoms with Gasteiger partial charge in [-0.2, -0.15) is 0 Å². The lowest BCUT2D eigenvalue weighted by molar-refractivity contribution is -0.123. The average molecular weight is 127 g/mol. The first kappa shape index (κ1) is 7.88. The standard InChI is InChI=1S/C4H3NO2.C2H6/c6-3-1-2-4(7)5-3;1-2/h1-2H,(H,5,6,7);1-2H3. The summed E-state index contributed by atoms with van der Waals surface area (Å²) in [5.41, 5.74) is 0. The highest BCUT2D eigenvalue weighted by molar-refractivity contribution is 6.12. The van der Waals surface area contributed by atoms with Crippen molar-refractivity contribution in [2.24, 2.45) is 0 Å². The van der Waals surface area contributed by atoms with E-state index in [0.29, 0.717) is 0 Å². The molecule has 3 nitrogen and oxygen atoms in total. The maximum absolute atomic E-state index is 10.0. The molecule has 0 aromatic carbocycles. The van der Waals surface area contributed by atoms with Crippen LogP contribution < -0.4 is 5.32 Å². The molecule has 3 heteroatoms. The minimum atomic E-state index is -0.329. The van der Waals surface area contributed by atoms with Crippen molar-refractivity contribution in [3.63, 3.8) is 0 Å². The Morgan fingerprint density at radius 3 is 1.56 bits per heavy atom. The molecule has 1 aliphatic heterocycles. The van der Waals surface area contributed by atoms with Gasteiger partial charge in [-0.1, -0.05) is 13.8 Å². The summed E-state index contributed by atoms with van der Waals surface area (Å²) < 4.78 is 0. The van der Waals surface area contributed by atoms with Crippen LogP contribution in [0.3, 0.4) is 0 Å². The molecule has 1 N–H and O–H groups in total. The van der Waals surface area contributed by atoms with Crippen LogP contribution in [0.2, 0.25) is 0 Å². The highest BCUT2D eigenvalue weighted by Crippen LogP contribution is 1.82. The highest BCUT2D eigenvalue weighted by atomic mass is 16.2. The van der Waals surface area contributed by atoms with Crippen molar-refractivity contribution >= 4 is 11.8 Å². The van der Waals surface area contributed by atoms with E-state index in [1.807, 2.05) is 19.2 Å². The molecule has 1 heterocycles.